The maximum Gasteiger partial charge on any atom is 0.0540 e. The van der Waals surface area contributed by atoms with Gasteiger partial charge in [-0.2, -0.15) is 0 Å². The average molecular weight is 273 g/mol. The van der Waals surface area contributed by atoms with Crippen molar-refractivity contribution in [2.75, 3.05) is 6.54 Å². The number of hydrogen-bond donors (Lipinski definition) is 2. The molecule has 0 spiro atoms. The Morgan fingerprint density at radius 3 is 2.45 bits per heavy atom. The summed E-state index contributed by atoms with van der Waals surface area (Å²) in [7, 11) is 0. The second-order valence-electron chi connectivity index (χ2n) is 6.74. The van der Waals surface area contributed by atoms with Crippen molar-refractivity contribution in [2.45, 2.75) is 63.5 Å². The van der Waals surface area contributed by atoms with Crippen LogP contribution >= 0.6 is 0 Å². The molecule has 2 N–H and O–H groups in total. The van der Waals surface area contributed by atoms with Gasteiger partial charge in [-0.25, -0.2) is 0 Å². The molecule has 0 bridgehead atoms. The SMILES string of the molecule is CC1CCC(NCC2CCC(O)CC2)c2ccccc21. The van der Waals surface area contributed by atoms with Crippen LogP contribution in [0.5, 0.6) is 0 Å². The third-order valence-corrected chi connectivity index (χ3v) is 5.26. The lowest BCUT2D eigenvalue weighted by atomic mass is 9.80. The second-order valence-corrected chi connectivity index (χ2v) is 6.74. The van der Waals surface area contributed by atoms with Gasteiger partial charge >= 0.3 is 0 Å². The Hall–Kier alpha value is -0.860. The van der Waals surface area contributed by atoms with Crippen molar-refractivity contribution in [1.82, 2.24) is 5.32 Å². The molecule has 20 heavy (non-hydrogen) atoms. The van der Waals surface area contributed by atoms with Gasteiger partial charge in [0.25, 0.3) is 0 Å². The molecule has 2 unspecified atom stereocenters. The van der Waals surface area contributed by atoms with E-state index >= 15 is 0 Å². The maximum absolute atomic E-state index is 9.58. The van der Waals surface area contributed by atoms with Crippen molar-refractivity contribution in [2.24, 2.45) is 5.92 Å². The summed E-state index contributed by atoms with van der Waals surface area (Å²) in [6.45, 7) is 3.46. The zero-order chi connectivity index (χ0) is 13.9. The highest BCUT2D eigenvalue weighted by Gasteiger charge is 2.25. The fourth-order valence-electron chi connectivity index (χ4n) is 3.87. The van der Waals surface area contributed by atoms with Crippen LogP contribution in [0, 0.1) is 5.92 Å². The van der Waals surface area contributed by atoms with E-state index in [9.17, 15) is 5.11 Å². The normalized spacial score (nSPS) is 33.7. The zero-order valence-corrected chi connectivity index (χ0v) is 12.5. The van der Waals surface area contributed by atoms with Gasteiger partial charge in [-0.15, -0.1) is 0 Å². The van der Waals surface area contributed by atoms with Crippen LogP contribution < -0.4 is 5.32 Å². The molecule has 2 nitrogen and oxygen atoms in total. The first-order valence-corrected chi connectivity index (χ1v) is 8.24. The Balaban J connectivity index is 1.60. The van der Waals surface area contributed by atoms with Crippen molar-refractivity contribution >= 4 is 0 Å². The fourth-order valence-corrected chi connectivity index (χ4v) is 3.87. The molecule has 0 saturated heterocycles. The monoisotopic (exact) mass is 273 g/mol. The summed E-state index contributed by atoms with van der Waals surface area (Å²) < 4.78 is 0. The zero-order valence-electron chi connectivity index (χ0n) is 12.5. The molecule has 2 atom stereocenters. The smallest absolute Gasteiger partial charge is 0.0540 e. The van der Waals surface area contributed by atoms with Gasteiger partial charge in [0.2, 0.25) is 0 Å². The van der Waals surface area contributed by atoms with Gasteiger partial charge in [-0.1, -0.05) is 31.2 Å². The minimum absolute atomic E-state index is 0.0393. The van der Waals surface area contributed by atoms with Gasteiger partial charge in [0.1, 0.15) is 0 Å². The third kappa shape index (κ3) is 3.07. The number of rotatable bonds is 3. The molecule has 1 fully saturated rings. The molecule has 2 aliphatic carbocycles. The molecule has 3 rings (SSSR count). The predicted molar refractivity (Wildman–Crippen MR) is 82.8 cm³/mol. The molecule has 110 valence electrons. The first kappa shape index (κ1) is 14.1. The summed E-state index contributed by atoms with van der Waals surface area (Å²) in [4.78, 5) is 0. The summed E-state index contributed by atoms with van der Waals surface area (Å²) in [5, 5.41) is 13.4. The minimum atomic E-state index is -0.0393. The summed E-state index contributed by atoms with van der Waals surface area (Å²) in [6, 6.07) is 9.47. The molecular formula is C18H27NO. The highest BCUT2D eigenvalue weighted by atomic mass is 16.3. The standard InChI is InChI=1S/C18H27NO/c1-13-6-11-18(17-5-3-2-4-16(13)17)19-12-14-7-9-15(20)10-8-14/h2-5,13-15,18-20H,6-12H2,1H3. The number of nitrogens with one attached hydrogen (secondary N) is 1. The second kappa shape index (κ2) is 6.28. The van der Waals surface area contributed by atoms with Crippen LogP contribution in [0.2, 0.25) is 0 Å². The van der Waals surface area contributed by atoms with E-state index in [1.165, 1.54) is 36.8 Å². The van der Waals surface area contributed by atoms with E-state index in [1.54, 1.807) is 0 Å². The van der Waals surface area contributed by atoms with Gasteiger partial charge in [0.05, 0.1) is 6.10 Å². The van der Waals surface area contributed by atoms with Crippen LogP contribution in [0.3, 0.4) is 0 Å². The van der Waals surface area contributed by atoms with Gasteiger partial charge in [0, 0.05) is 6.04 Å². The Labute approximate surface area is 122 Å². The number of benzene rings is 1. The van der Waals surface area contributed by atoms with E-state index in [0.29, 0.717) is 12.0 Å². The van der Waals surface area contributed by atoms with Crippen LogP contribution in [-0.2, 0) is 0 Å². The Bertz CT molecular complexity index is 437. The van der Waals surface area contributed by atoms with Crippen LogP contribution in [-0.4, -0.2) is 17.8 Å². The van der Waals surface area contributed by atoms with Crippen LogP contribution in [0.25, 0.3) is 0 Å². The van der Waals surface area contributed by atoms with Crippen LogP contribution in [0.4, 0.5) is 0 Å². The summed E-state index contributed by atoms with van der Waals surface area (Å²) in [6.07, 6.45) is 6.85. The highest BCUT2D eigenvalue weighted by Crippen LogP contribution is 2.37. The number of aliphatic hydroxyl groups excluding tert-OH is 1. The molecule has 1 saturated carbocycles. The first-order valence-electron chi connectivity index (χ1n) is 8.24. The van der Waals surface area contributed by atoms with E-state index in [2.05, 4.69) is 36.5 Å². The molecule has 0 radical (unpaired) electrons. The average Bonchev–Trinajstić information content (AvgIpc) is 2.49. The van der Waals surface area contributed by atoms with Gasteiger partial charge < -0.3 is 10.4 Å². The number of hydrogen-bond acceptors (Lipinski definition) is 2. The minimum Gasteiger partial charge on any atom is -0.393 e. The molecular weight excluding hydrogens is 246 g/mol. The third-order valence-electron chi connectivity index (χ3n) is 5.26. The highest BCUT2D eigenvalue weighted by molar-refractivity contribution is 5.34. The summed E-state index contributed by atoms with van der Waals surface area (Å²) in [5.74, 6) is 1.46. The largest absolute Gasteiger partial charge is 0.393 e. The predicted octanol–water partition coefficient (Wildman–Crippen LogP) is 3.77. The van der Waals surface area contributed by atoms with Gasteiger partial charge in [-0.05, 0) is 68.0 Å². The number of fused-ring (bicyclic) bond motifs is 1. The van der Waals surface area contributed by atoms with Crippen molar-refractivity contribution in [3.8, 4) is 0 Å². The van der Waals surface area contributed by atoms with E-state index in [1.807, 2.05) is 0 Å². The van der Waals surface area contributed by atoms with E-state index in [4.69, 9.17) is 0 Å². The molecule has 1 aromatic rings. The van der Waals surface area contributed by atoms with Crippen LogP contribution in [0.1, 0.15) is 68.5 Å². The van der Waals surface area contributed by atoms with Gasteiger partial charge in [0.15, 0.2) is 0 Å². The maximum atomic E-state index is 9.58. The Morgan fingerprint density at radius 1 is 1.00 bits per heavy atom. The van der Waals surface area contributed by atoms with Gasteiger partial charge in [-0.3, -0.25) is 0 Å². The van der Waals surface area contributed by atoms with Crippen LogP contribution in [0.15, 0.2) is 24.3 Å². The molecule has 2 aliphatic rings. The van der Waals surface area contributed by atoms with Crippen molar-refractivity contribution in [3.05, 3.63) is 35.4 Å². The lowest BCUT2D eigenvalue weighted by Crippen LogP contribution is -2.32. The van der Waals surface area contributed by atoms with Crippen molar-refractivity contribution in [3.63, 3.8) is 0 Å². The molecule has 0 amide bonds. The molecule has 2 heteroatoms. The lowest BCUT2D eigenvalue weighted by molar-refractivity contribution is 0.107. The molecule has 1 aromatic carbocycles. The molecule has 0 aliphatic heterocycles. The van der Waals surface area contributed by atoms with Crippen molar-refractivity contribution in [1.29, 1.82) is 0 Å². The lowest BCUT2D eigenvalue weighted by Gasteiger charge is -2.33. The van der Waals surface area contributed by atoms with Crippen molar-refractivity contribution < 1.29 is 5.11 Å². The van der Waals surface area contributed by atoms with E-state index < -0.39 is 0 Å². The van der Waals surface area contributed by atoms with E-state index in [-0.39, 0.29) is 6.10 Å². The van der Waals surface area contributed by atoms with E-state index in [0.717, 1.165) is 25.3 Å². The summed E-state index contributed by atoms with van der Waals surface area (Å²) >= 11 is 0. The quantitative estimate of drug-likeness (QED) is 0.878. The summed E-state index contributed by atoms with van der Waals surface area (Å²) in [5.41, 5.74) is 3.05. The topological polar surface area (TPSA) is 32.3 Å². The Kier molecular flexibility index (Phi) is 4.42. The molecule has 0 heterocycles. The Morgan fingerprint density at radius 2 is 1.70 bits per heavy atom. The first-order chi connectivity index (χ1) is 9.74. The molecule has 0 aromatic heterocycles. The number of aliphatic hydroxyl groups is 1. The fraction of sp³-hybridized carbons (Fsp3) is 0.667.